The predicted molar refractivity (Wildman–Crippen MR) is 129 cm³/mol. The van der Waals surface area contributed by atoms with Gasteiger partial charge in [0.05, 0.1) is 4.90 Å². The molecule has 1 N–H and O–H groups in total. The summed E-state index contributed by atoms with van der Waals surface area (Å²) in [6, 6.07) is 22.9. The highest BCUT2D eigenvalue weighted by Crippen LogP contribution is 2.37. The molecule has 0 saturated heterocycles. The van der Waals surface area contributed by atoms with Gasteiger partial charge in [-0.3, -0.25) is 0 Å². The summed E-state index contributed by atoms with van der Waals surface area (Å²) in [6.07, 6.45) is 1.18. The van der Waals surface area contributed by atoms with Gasteiger partial charge in [0.2, 0.25) is 0 Å². The number of hydrogen-bond acceptors (Lipinski definition) is 6. The number of sulfone groups is 1. The van der Waals surface area contributed by atoms with Crippen LogP contribution in [-0.4, -0.2) is 44.6 Å². The minimum Gasteiger partial charge on any atom is -0.351 e. The number of hydrogen-bond donors (Lipinski definition) is 1. The van der Waals surface area contributed by atoms with Crippen molar-refractivity contribution >= 4 is 38.6 Å². The molecule has 3 aromatic rings. The molecule has 0 aromatic heterocycles. The van der Waals surface area contributed by atoms with Crippen molar-refractivity contribution in [2.45, 2.75) is 23.7 Å². The van der Waals surface area contributed by atoms with Crippen LogP contribution >= 0.6 is 11.6 Å². The van der Waals surface area contributed by atoms with Crippen LogP contribution in [0.3, 0.4) is 0 Å². The van der Waals surface area contributed by atoms with Gasteiger partial charge in [0.1, 0.15) is 11.9 Å². The topological polar surface area (TPSA) is 73.2 Å². The van der Waals surface area contributed by atoms with E-state index in [-0.39, 0.29) is 4.90 Å². The first-order valence-corrected chi connectivity index (χ1v) is 12.3. The van der Waals surface area contributed by atoms with Crippen molar-refractivity contribution in [3.8, 4) is 0 Å². The number of aliphatic hydroxyl groups is 1. The number of nitrogens with zero attached hydrogens (tertiary/aromatic N) is 3. The normalized spacial score (nSPS) is 20.8. The number of halogens is 1. The number of aliphatic imine (C=N–C) groups is 1. The van der Waals surface area contributed by atoms with E-state index in [4.69, 9.17) is 16.6 Å². The van der Waals surface area contributed by atoms with Crippen molar-refractivity contribution in [1.82, 2.24) is 0 Å². The molecular formula is C24H24ClN3O3S. The minimum atomic E-state index is -3.32. The molecule has 8 heteroatoms. The van der Waals surface area contributed by atoms with Gasteiger partial charge >= 0.3 is 0 Å². The molecule has 0 bridgehead atoms. The molecule has 0 aliphatic carbocycles. The van der Waals surface area contributed by atoms with E-state index in [1.165, 1.54) is 6.26 Å². The second-order valence-corrected chi connectivity index (χ2v) is 10.3. The summed E-state index contributed by atoms with van der Waals surface area (Å²) in [5.41, 5.74) is 2.32. The van der Waals surface area contributed by atoms with Crippen molar-refractivity contribution in [3.63, 3.8) is 0 Å². The molecule has 0 amide bonds. The van der Waals surface area contributed by atoms with Crippen LogP contribution in [0.1, 0.15) is 12.5 Å². The zero-order chi connectivity index (χ0) is 23.1. The lowest BCUT2D eigenvalue weighted by Gasteiger charge is -2.38. The molecule has 166 valence electrons. The number of benzene rings is 3. The van der Waals surface area contributed by atoms with E-state index in [1.54, 1.807) is 48.3 Å². The van der Waals surface area contributed by atoms with Gasteiger partial charge in [-0.1, -0.05) is 29.8 Å². The minimum absolute atomic E-state index is 0.231. The molecule has 2 unspecified atom stereocenters. The third kappa shape index (κ3) is 3.99. The van der Waals surface area contributed by atoms with E-state index in [0.29, 0.717) is 10.9 Å². The molecule has 0 spiro atoms. The maximum Gasteiger partial charge on any atom is 0.259 e. The molecule has 2 atom stereocenters. The van der Waals surface area contributed by atoms with Crippen molar-refractivity contribution in [2.24, 2.45) is 4.99 Å². The van der Waals surface area contributed by atoms with Crippen LogP contribution in [0.25, 0.3) is 0 Å². The average molecular weight is 470 g/mol. The Labute approximate surface area is 193 Å². The van der Waals surface area contributed by atoms with E-state index in [2.05, 4.69) is 0 Å². The molecule has 1 aliphatic heterocycles. The van der Waals surface area contributed by atoms with Gasteiger partial charge in [0, 0.05) is 35.3 Å². The van der Waals surface area contributed by atoms with Gasteiger partial charge in [-0.15, -0.1) is 0 Å². The third-order valence-corrected chi connectivity index (χ3v) is 7.11. The highest BCUT2D eigenvalue weighted by atomic mass is 35.5. The maximum atomic E-state index is 11.9. The molecule has 1 aliphatic rings. The Bertz CT molecular complexity index is 1250. The molecule has 0 radical (unpaired) electrons. The summed E-state index contributed by atoms with van der Waals surface area (Å²) < 4.78 is 23.8. The van der Waals surface area contributed by atoms with Crippen molar-refractivity contribution in [3.05, 3.63) is 89.4 Å². The Hall–Kier alpha value is -2.87. The summed E-state index contributed by atoms with van der Waals surface area (Å²) in [5.74, 6) is -1.00. The lowest BCUT2D eigenvalue weighted by Crippen LogP contribution is -2.55. The molecule has 1 heterocycles. The fraction of sp³-hybridized carbons (Fsp3) is 0.208. The zero-order valence-corrected chi connectivity index (χ0v) is 19.5. The molecule has 4 rings (SSSR count). The molecule has 6 nitrogen and oxygen atoms in total. The Kier molecular flexibility index (Phi) is 5.75. The molecular weight excluding hydrogens is 446 g/mol. The van der Waals surface area contributed by atoms with E-state index in [9.17, 15) is 13.5 Å². The van der Waals surface area contributed by atoms with Crippen LogP contribution in [0.15, 0.2) is 88.8 Å². The summed E-state index contributed by atoms with van der Waals surface area (Å²) in [4.78, 5) is 8.65. The fourth-order valence-corrected chi connectivity index (χ4v) is 4.62. The smallest absolute Gasteiger partial charge is 0.259 e. The third-order valence-electron chi connectivity index (χ3n) is 5.73. The first-order valence-electron chi connectivity index (χ1n) is 10.1. The lowest BCUT2D eigenvalue weighted by molar-refractivity contribution is 0.0397. The van der Waals surface area contributed by atoms with Gasteiger partial charge in [-0.25, -0.2) is 13.4 Å². The second kappa shape index (κ2) is 8.24. The van der Waals surface area contributed by atoms with Crippen molar-refractivity contribution in [1.29, 1.82) is 0 Å². The summed E-state index contributed by atoms with van der Waals surface area (Å²) in [6.45, 7) is 1.89. The highest BCUT2D eigenvalue weighted by Gasteiger charge is 2.49. The summed E-state index contributed by atoms with van der Waals surface area (Å²) in [5, 5.41) is 12.4. The monoisotopic (exact) mass is 469 g/mol. The van der Waals surface area contributed by atoms with Crippen LogP contribution in [0, 0.1) is 0 Å². The highest BCUT2D eigenvalue weighted by molar-refractivity contribution is 7.90. The van der Waals surface area contributed by atoms with Crippen LogP contribution in [0.4, 0.5) is 11.4 Å². The predicted octanol–water partition coefficient (Wildman–Crippen LogP) is 4.18. The molecule has 32 heavy (non-hydrogen) atoms. The molecule has 0 saturated carbocycles. The van der Waals surface area contributed by atoms with Gasteiger partial charge in [-0.2, -0.15) is 0 Å². The second-order valence-electron chi connectivity index (χ2n) is 7.84. The van der Waals surface area contributed by atoms with E-state index in [1.807, 2.05) is 54.3 Å². The van der Waals surface area contributed by atoms with Gasteiger partial charge in [-0.05, 0) is 67.6 Å². The maximum absolute atomic E-state index is 11.9. The Morgan fingerprint density at radius 2 is 1.59 bits per heavy atom. The van der Waals surface area contributed by atoms with E-state index < -0.39 is 21.7 Å². The first kappa shape index (κ1) is 22.3. The Balaban J connectivity index is 1.82. The average Bonchev–Trinajstić information content (AvgIpc) is 3.05. The Morgan fingerprint density at radius 1 is 1.00 bits per heavy atom. The number of anilines is 2. The van der Waals surface area contributed by atoms with Gasteiger partial charge in [0.15, 0.2) is 9.84 Å². The van der Waals surface area contributed by atoms with Gasteiger partial charge < -0.3 is 14.9 Å². The largest absolute Gasteiger partial charge is 0.351 e. The van der Waals surface area contributed by atoms with Crippen LogP contribution < -0.4 is 9.80 Å². The van der Waals surface area contributed by atoms with Crippen LogP contribution in [0.5, 0.6) is 0 Å². The molecule has 0 fully saturated rings. The Morgan fingerprint density at radius 3 is 2.16 bits per heavy atom. The molecule has 3 aromatic carbocycles. The van der Waals surface area contributed by atoms with Crippen LogP contribution in [0.2, 0.25) is 5.02 Å². The van der Waals surface area contributed by atoms with Crippen LogP contribution in [-0.2, 0) is 9.84 Å². The van der Waals surface area contributed by atoms with E-state index in [0.717, 1.165) is 16.9 Å². The number of amidine groups is 1. The fourth-order valence-electron chi connectivity index (χ4n) is 3.86. The quantitative estimate of drug-likeness (QED) is 0.567. The van der Waals surface area contributed by atoms with Gasteiger partial charge in [0.25, 0.3) is 5.85 Å². The number of rotatable bonds is 5. The first-order chi connectivity index (χ1) is 15.1. The number of para-hydroxylation sites is 1. The zero-order valence-electron chi connectivity index (χ0n) is 18.0. The lowest BCUT2D eigenvalue weighted by atomic mass is 10.1. The number of likely N-dealkylation sites (N-methyl/N-ethyl adjacent to an activating group) is 1. The van der Waals surface area contributed by atoms with Crippen molar-refractivity contribution < 1.29 is 13.5 Å². The van der Waals surface area contributed by atoms with E-state index >= 15 is 0 Å². The van der Waals surface area contributed by atoms with Crippen molar-refractivity contribution in [2.75, 3.05) is 23.1 Å². The summed E-state index contributed by atoms with van der Waals surface area (Å²) in [7, 11) is -1.52. The SMILES string of the molecule is CC1N(c2ccc(S(C)(=O)=O)cc2)C(c2ccc(Cl)cc2)=NC1(O)N(C)c1ccccc1. The summed E-state index contributed by atoms with van der Waals surface area (Å²) >= 11 is 6.08. The standard InChI is InChI=1S/C24H24ClN3O3S/c1-17-24(29,27(2)20-7-5-4-6-8-20)26-23(18-9-11-19(25)12-10-18)28(17)21-13-15-22(16-14-21)32(3,30)31/h4-17,29H,1-3H3.